The number of anilines is 2. The topological polar surface area (TPSA) is 79.9 Å². The first-order valence-corrected chi connectivity index (χ1v) is 11.5. The van der Waals surface area contributed by atoms with E-state index in [1.807, 2.05) is 42.5 Å². The molecule has 1 aliphatic heterocycles. The third-order valence-corrected chi connectivity index (χ3v) is 5.62. The Bertz CT molecular complexity index is 1130. The monoisotopic (exact) mass is 477 g/mol. The van der Waals surface area contributed by atoms with Gasteiger partial charge in [0.2, 0.25) is 5.91 Å². The summed E-state index contributed by atoms with van der Waals surface area (Å²) in [5, 5.41) is 5.35. The van der Waals surface area contributed by atoms with E-state index in [-0.39, 0.29) is 23.9 Å². The van der Waals surface area contributed by atoms with Crippen LogP contribution in [0, 0.1) is 5.82 Å². The van der Waals surface area contributed by atoms with Crippen LogP contribution in [0.1, 0.15) is 22.3 Å². The second kappa shape index (κ2) is 12.1. The first-order chi connectivity index (χ1) is 17.1. The Hall–Kier alpha value is -3.75. The summed E-state index contributed by atoms with van der Waals surface area (Å²) in [5.41, 5.74) is 1.79. The van der Waals surface area contributed by atoms with E-state index >= 15 is 0 Å². The predicted molar refractivity (Wildman–Crippen MR) is 132 cm³/mol. The van der Waals surface area contributed by atoms with Crippen LogP contribution in [0.3, 0.4) is 0 Å². The van der Waals surface area contributed by atoms with Crippen molar-refractivity contribution in [3.63, 3.8) is 0 Å². The number of hydrogen-bond donors (Lipinski definition) is 2. The predicted octanol–water partition coefficient (Wildman–Crippen LogP) is 4.32. The molecule has 35 heavy (non-hydrogen) atoms. The van der Waals surface area contributed by atoms with E-state index in [1.54, 1.807) is 12.1 Å². The van der Waals surface area contributed by atoms with Crippen LogP contribution < -0.4 is 15.4 Å². The second-order valence-electron chi connectivity index (χ2n) is 8.20. The van der Waals surface area contributed by atoms with E-state index in [9.17, 15) is 14.0 Å². The van der Waals surface area contributed by atoms with Crippen LogP contribution in [0.4, 0.5) is 15.8 Å². The SMILES string of the molecule is O=C(CCN1CCOCC1)Nc1cc(NC(=O)c2ccc(COc3ccccc3)cc2)ccc1F. The first-order valence-electron chi connectivity index (χ1n) is 11.5. The molecular weight excluding hydrogens is 449 g/mol. The highest BCUT2D eigenvalue weighted by Gasteiger charge is 2.14. The highest BCUT2D eigenvalue weighted by atomic mass is 19.1. The van der Waals surface area contributed by atoms with Gasteiger partial charge >= 0.3 is 0 Å². The third-order valence-electron chi connectivity index (χ3n) is 5.62. The number of para-hydroxylation sites is 1. The average Bonchev–Trinajstić information content (AvgIpc) is 2.89. The van der Waals surface area contributed by atoms with E-state index in [1.165, 1.54) is 18.2 Å². The molecule has 0 atom stereocenters. The number of hydrogen-bond acceptors (Lipinski definition) is 5. The van der Waals surface area contributed by atoms with Crippen LogP contribution in [0.5, 0.6) is 5.75 Å². The molecule has 182 valence electrons. The van der Waals surface area contributed by atoms with Crippen molar-refractivity contribution >= 4 is 23.2 Å². The summed E-state index contributed by atoms with van der Waals surface area (Å²) in [6.45, 7) is 3.84. The lowest BCUT2D eigenvalue weighted by Gasteiger charge is -2.26. The highest BCUT2D eigenvalue weighted by molar-refractivity contribution is 6.04. The van der Waals surface area contributed by atoms with Crippen LogP contribution in [-0.4, -0.2) is 49.6 Å². The zero-order valence-corrected chi connectivity index (χ0v) is 19.3. The third kappa shape index (κ3) is 7.37. The average molecular weight is 478 g/mol. The van der Waals surface area contributed by atoms with Crippen molar-refractivity contribution < 1.29 is 23.5 Å². The molecule has 8 heteroatoms. The summed E-state index contributed by atoms with van der Waals surface area (Å²) in [7, 11) is 0. The minimum absolute atomic E-state index is 0.0307. The summed E-state index contributed by atoms with van der Waals surface area (Å²) in [5.74, 6) is -0.413. The van der Waals surface area contributed by atoms with Gasteiger partial charge in [-0.25, -0.2) is 4.39 Å². The molecule has 3 aromatic rings. The fourth-order valence-electron chi connectivity index (χ4n) is 3.63. The Morgan fingerprint density at radius 3 is 2.43 bits per heavy atom. The van der Waals surface area contributed by atoms with Crippen molar-refractivity contribution in [3.8, 4) is 5.75 Å². The van der Waals surface area contributed by atoms with Gasteiger partial charge in [0, 0.05) is 37.3 Å². The number of ether oxygens (including phenoxy) is 2. The highest BCUT2D eigenvalue weighted by Crippen LogP contribution is 2.21. The number of nitrogens with zero attached hydrogens (tertiary/aromatic N) is 1. The number of halogens is 1. The zero-order valence-electron chi connectivity index (χ0n) is 19.3. The molecule has 1 fully saturated rings. The molecule has 3 aromatic carbocycles. The van der Waals surface area contributed by atoms with E-state index in [0.717, 1.165) is 24.4 Å². The number of carbonyl (C=O) groups excluding carboxylic acids is 2. The minimum atomic E-state index is -0.564. The van der Waals surface area contributed by atoms with Gasteiger partial charge < -0.3 is 20.1 Å². The van der Waals surface area contributed by atoms with Gasteiger partial charge in [-0.3, -0.25) is 14.5 Å². The van der Waals surface area contributed by atoms with Crippen molar-refractivity contribution in [2.75, 3.05) is 43.5 Å². The molecule has 1 saturated heterocycles. The van der Waals surface area contributed by atoms with Crippen LogP contribution in [0.15, 0.2) is 72.8 Å². The maximum Gasteiger partial charge on any atom is 0.255 e. The van der Waals surface area contributed by atoms with Crippen molar-refractivity contribution in [1.82, 2.24) is 4.90 Å². The fraction of sp³-hybridized carbons (Fsp3) is 0.259. The van der Waals surface area contributed by atoms with Crippen molar-refractivity contribution in [2.45, 2.75) is 13.0 Å². The number of carbonyl (C=O) groups is 2. The Kier molecular flexibility index (Phi) is 8.43. The van der Waals surface area contributed by atoms with Crippen LogP contribution in [0.25, 0.3) is 0 Å². The number of amides is 2. The molecule has 0 aromatic heterocycles. The Morgan fingerprint density at radius 1 is 0.943 bits per heavy atom. The van der Waals surface area contributed by atoms with E-state index in [4.69, 9.17) is 9.47 Å². The van der Waals surface area contributed by atoms with Gasteiger partial charge in [0.05, 0.1) is 18.9 Å². The van der Waals surface area contributed by atoms with Gasteiger partial charge in [-0.05, 0) is 48.0 Å². The summed E-state index contributed by atoms with van der Waals surface area (Å²) in [4.78, 5) is 27.1. The maximum atomic E-state index is 14.3. The second-order valence-corrected chi connectivity index (χ2v) is 8.20. The summed E-state index contributed by atoms with van der Waals surface area (Å²) in [6, 6.07) is 20.6. The van der Waals surface area contributed by atoms with Crippen molar-refractivity contribution in [3.05, 3.63) is 89.7 Å². The fourth-order valence-corrected chi connectivity index (χ4v) is 3.63. The van der Waals surface area contributed by atoms with Gasteiger partial charge in [0.15, 0.2) is 0 Å². The van der Waals surface area contributed by atoms with Crippen LogP contribution in [0.2, 0.25) is 0 Å². The minimum Gasteiger partial charge on any atom is -0.489 e. The molecule has 2 amide bonds. The van der Waals surface area contributed by atoms with Gasteiger partial charge in [-0.1, -0.05) is 30.3 Å². The molecule has 0 saturated carbocycles. The molecule has 1 heterocycles. The lowest BCUT2D eigenvalue weighted by Crippen LogP contribution is -2.38. The Balaban J connectivity index is 1.30. The molecule has 0 bridgehead atoms. The van der Waals surface area contributed by atoms with Gasteiger partial charge in [-0.2, -0.15) is 0 Å². The molecule has 2 N–H and O–H groups in total. The first kappa shape index (κ1) is 24.4. The normalized spacial score (nSPS) is 13.7. The smallest absolute Gasteiger partial charge is 0.255 e. The molecule has 0 spiro atoms. The maximum absolute atomic E-state index is 14.3. The summed E-state index contributed by atoms with van der Waals surface area (Å²) < 4.78 is 25.3. The van der Waals surface area contributed by atoms with E-state index < -0.39 is 5.82 Å². The largest absolute Gasteiger partial charge is 0.489 e. The molecule has 4 rings (SSSR count). The molecule has 1 aliphatic rings. The van der Waals surface area contributed by atoms with Crippen LogP contribution >= 0.6 is 0 Å². The molecule has 7 nitrogen and oxygen atoms in total. The standard InChI is InChI=1S/C27H28FN3O4/c28-24-11-10-22(18-25(24)30-26(32)12-13-31-14-16-34-17-15-31)29-27(33)21-8-6-20(7-9-21)19-35-23-4-2-1-3-5-23/h1-11,18H,12-17,19H2,(H,29,33)(H,30,32). The van der Waals surface area contributed by atoms with Gasteiger partial charge in [0.25, 0.3) is 5.91 Å². The molecular formula is C27H28FN3O4. The quantitative estimate of drug-likeness (QED) is 0.480. The summed E-state index contributed by atoms with van der Waals surface area (Å²) >= 11 is 0. The zero-order chi connectivity index (χ0) is 24.5. The summed E-state index contributed by atoms with van der Waals surface area (Å²) in [6.07, 6.45) is 0.246. The number of morpholine rings is 1. The lowest BCUT2D eigenvalue weighted by molar-refractivity contribution is -0.116. The van der Waals surface area contributed by atoms with Gasteiger partial charge in [0.1, 0.15) is 18.2 Å². The number of nitrogens with one attached hydrogen (secondary N) is 2. The van der Waals surface area contributed by atoms with Crippen molar-refractivity contribution in [2.24, 2.45) is 0 Å². The number of benzene rings is 3. The van der Waals surface area contributed by atoms with Gasteiger partial charge in [-0.15, -0.1) is 0 Å². The van der Waals surface area contributed by atoms with E-state index in [0.29, 0.717) is 37.6 Å². The Morgan fingerprint density at radius 2 is 1.69 bits per heavy atom. The van der Waals surface area contributed by atoms with Crippen molar-refractivity contribution in [1.29, 1.82) is 0 Å². The Labute approximate surface area is 203 Å². The number of rotatable bonds is 9. The van der Waals surface area contributed by atoms with Crippen LogP contribution in [-0.2, 0) is 16.1 Å². The lowest BCUT2D eigenvalue weighted by atomic mass is 10.1. The molecule has 0 aliphatic carbocycles. The molecule has 0 radical (unpaired) electrons. The molecule has 0 unspecified atom stereocenters. The van der Waals surface area contributed by atoms with E-state index in [2.05, 4.69) is 15.5 Å².